The van der Waals surface area contributed by atoms with Crippen LogP contribution in [0.3, 0.4) is 0 Å². The van der Waals surface area contributed by atoms with Gasteiger partial charge in [-0.2, -0.15) is 8.42 Å². The van der Waals surface area contributed by atoms with Gasteiger partial charge in [-0.3, -0.25) is 29.4 Å². The Morgan fingerprint density at radius 1 is 0.906 bits per heavy atom. The van der Waals surface area contributed by atoms with E-state index in [0.717, 1.165) is 37.2 Å². The van der Waals surface area contributed by atoms with E-state index in [0.29, 0.717) is 40.7 Å². The molecule has 4 aromatic rings. The lowest BCUT2D eigenvalue weighted by Crippen LogP contribution is -2.43. The fourth-order valence-corrected chi connectivity index (χ4v) is 8.16. The third-order valence-corrected chi connectivity index (χ3v) is 11.2. The first-order chi connectivity index (χ1) is 25.5. The first-order valence-electron chi connectivity index (χ1n) is 17.5. The van der Waals surface area contributed by atoms with E-state index >= 15 is 4.39 Å². The zero-order valence-corrected chi connectivity index (χ0v) is 29.6. The molecular weight excluding hydrogens is 704 g/mol. The second-order valence-corrected chi connectivity index (χ2v) is 15.1. The van der Waals surface area contributed by atoms with E-state index in [1.54, 1.807) is 12.1 Å². The highest BCUT2D eigenvalue weighted by Crippen LogP contribution is 2.40. The molecule has 4 amide bonds. The van der Waals surface area contributed by atoms with Crippen molar-refractivity contribution < 1.29 is 36.7 Å². The number of imide groups is 1. The number of ether oxygens (including phenoxy) is 1. The monoisotopic (exact) mass is 742 g/mol. The molecule has 4 N–H and O–H groups in total. The summed E-state index contributed by atoms with van der Waals surface area (Å²) in [5, 5.41) is 9.06. The molecule has 3 saturated heterocycles. The molecule has 15 heteroatoms. The summed E-state index contributed by atoms with van der Waals surface area (Å²) in [5.41, 5.74) is 2.97. The number of halogens is 1. The number of nitrogens with one attached hydrogen (secondary N) is 4. The van der Waals surface area contributed by atoms with Crippen LogP contribution in [0.25, 0.3) is 10.8 Å². The lowest BCUT2D eigenvalue weighted by Gasteiger charge is -2.31. The van der Waals surface area contributed by atoms with Crippen molar-refractivity contribution in [3.8, 4) is 5.75 Å². The molecule has 4 aromatic carbocycles. The fraction of sp³-hybridized carbons (Fsp3) is 0.316. The van der Waals surface area contributed by atoms with Gasteiger partial charge in [0.2, 0.25) is 17.7 Å². The summed E-state index contributed by atoms with van der Waals surface area (Å²) in [5.74, 6) is -2.29. The SMILES string of the molecule is O=C1CCC(CNc2ccc(C3CCN(CC(=O)Nc4ccc5c(F)c(N6CC(=O)NS6(=O)=O)c(OCc6ccccc6)cc5c4)CC3)cc2)C(=O)N1. The summed E-state index contributed by atoms with van der Waals surface area (Å²) in [7, 11) is -4.32. The highest BCUT2D eigenvalue weighted by Gasteiger charge is 2.38. The van der Waals surface area contributed by atoms with E-state index in [2.05, 4.69) is 33.0 Å². The third-order valence-electron chi connectivity index (χ3n) is 9.85. The molecule has 276 valence electrons. The first kappa shape index (κ1) is 35.8. The van der Waals surface area contributed by atoms with Crippen LogP contribution < -0.4 is 29.7 Å². The molecule has 3 heterocycles. The summed E-state index contributed by atoms with van der Waals surface area (Å²) in [6, 6.07) is 23.4. The van der Waals surface area contributed by atoms with Gasteiger partial charge in [-0.25, -0.2) is 13.4 Å². The number of rotatable bonds is 11. The Balaban J connectivity index is 0.967. The van der Waals surface area contributed by atoms with Gasteiger partial charge in [0.15, 0.2) is 5.82 Å². The van der Waals surface area contributed by atoms with Crippen molar-refractivity contribution in [2.75, 3.05) is 47.7 Å². The summed E-state index contributed by atoms with van der Waals surface area (Å²) in [4.78, 5) is 50.6. The average Bonchev–Trinajstić information content (AvgIpc) is 3.41. The lowest BCUT2D eigenvalue weighted by atomic mass is 9.89. The summed E-state index contributed by atoms with van der Waals surface area (Å²) >= 11 is 0. The largest absolute Gasteiger partial charge is 0.487 e. The van der Waals surface area contributed by atoms with E-state index in [1.807, 2.05) is 47.2 Å². The Kier molecular flexibility index (Phi) is 10.3. The van der Waals surface area contributed by atoms with Crippen LogP contribution in [0.5, 0.6) is 5.75 Å². The van der Waals surface area contributed by atoms with Crippen LogP contribution in [-0.4, -0.2) is 69.7 Å². The number of amides is 4. The van der Waals surface area contributed by atoms with Gasteiger partial charge in [0.25, 0.3) is 5.91 Å². The normalized spacial score (nSPS) is 19.2. The Morgan fingerprint density at radius 2 is 1.64 bits per heavy atom. The molecule has 0 spiro atoms. The van der Waals surface area contributed by atoms with Crippen LogP contribution in [0, 0.1) is 11.7 Å². The van der Waals surface area contributed by atoms with Crippen LogP contribution >= 0.6 is 0 Å². The maximum atomic E-state index is 16.1. The minimum Gasteiger partial charge on any atom is -0.487 e. The molecule has 0 aromatic heterocycles. The number of carbonyl (C=O) groups excluding carboxylic acids is 4. The smallest absolute Gasteiger partial charge is 0.326 e. The maximum absolute atomic E-state index is 16.1. The Hall–Kier alpha value is -5.54. The topological polar surface area (TPSA) is 166 Å². The van der Waals surface area contributed by atoms with Crippen LogP contribution in [0.1, 0.15) is 42.7 Å². The molecule has 7 rings (SSSR count). The lowest BCUT2D eigenvalue weighted by molar-refractivity contribution is -0.136. The summed E-state index contributed by atoms with van der Waals surface area (Å²) in [6.07, 6.45) is 2.66. The number of hydrogen-bond acceptors (Lipinski definition) is 9. The van der Waals surface area contributed by atoms with Gasteiger partial charge < -0.3 is 15.4 Å². The van der Waals surface area contributed by atoms with Crippen molar-refractivity contribution in [3.63, 3.8) is 0 Å². The third kappa shape index (κ3) is 8.26. The zero-order chi connectivity index (χ0) is 37.1. The summed E-state index contributed by atoms with van der Waals surface area (Å²) in [6.45, 7) is 1.55. The van der Waals surface area contributed by atoms with E-state index in [-0.39, 0.29) is 53.6 Å². The minimum absolute atomic E-state index is 0.0240. The Morgan fingerprint density at radius 3 is 2.34 bits per heavy atom. The standard InChI is InChI=1S/C38H39FN6O7S/c39-36-31-12-11-30(18-28(31)19-32(52-23-24-4-2-1-3-5-24)37(36)45-22-35(48)43-53(45,50)51)41-34(47)21-44-16-14-26(15-17-44)25-6-9-29(10-7-25)40-20-27-8-13-33(46)42-38(27)49/h1-7,9-12,18-19,26-27,40H,8,13-17,20-23H2,(H,41,47)(H,43,48)(H,42,46,49). The average molecular weight is 743 g/mol. The van der Waals surface area contributed by atoms with Gasteiger partial charge in [-0.15, -0.1) is 0 Å². The number of benzene rings is 4. The van der Waals surface area contributed by atoms with Crippen molar-refractivity contribution in [2.24, 2.45) is 5.92 Å². The Labute approximate surface area is 306 Å². The van der Waals surface area contributed by atoms with Crippen molar-refractivity contribution in [1.29, 1.82) is 0 Å². The molecule has 3 fully saturated rings. The predicted octanol–water partition coefficient (Wildman–Crippen LogP) is 4.02. The van der Waals surface area contributed by atoms with E-state index < -0.39 is 28.5 Å². The molecule has 53 heavy (non-hydrogen) atoms. The second kappa shape index (κ2) is 15.2. The molecule has 0 aliphatic carbocycles. The van der Waals surface area contributed by atoms with E-state index in [4.69, 9.17) is 4.74 Å². The van der Waals surface area contributed by atoms with E-state index in [1.165, 1.54) is 17.7 Å². The van der Waals surface area contributed by atoms with Gasteiger partial charge in [0, 0.05) is 29.7 Å². The molecule has 0 bridgehead atoms. The van der Waals surface area contributed by atoms with Crippen LogP contribution in [0.4, 0.5) is 21.5 Å². The van der Waals surface area contributed by atoms with Gasteiger partial charge in [-0.1, -0.05) is 42.5 Å². The summed E-state index contributed by atoms with van der Waals surface area (Å²) < 4.78 is 50.1. The van der Waals surface area contributed by atoms with E-state index in [9.17, 15) is 27.6 Å². The quantitative estimate of drug-likeness (QED) is 0.166. The van der Waals surface area contributed by atoms with Crippen molar-refractivity contribution in [3.05, 3.63) is 95.8 Å². The molecule has 3 aliphatic rings. The van der Waals surface area contributed by atoms with Gasteiger partial charge >= 0.3 is 10.2 Å². The van der Waals surface area contributed by atoms with Crippen LogP contribution in [-0.2, 0) is 36.0 Å². The highest BCUT2D eigenvalue weighted by atomic mass is 32.2. The van der Waals surface area contributed by atoms with Gasteiger partial charge in [0.05, 0.1) is 12.5 Å². The first-order valence-corrected chi connectivity index (χ1v) is 18.9. The molecule has 1 unspecified atom stereocenters. The van der Waals surface area contributed by atoms with Crippen LogP contribution in [0.2, 0.25) is 0 Å². The van der Waals surface area contributed by atoms with Gasteiger partial charge in [0.1, 0.15) is 24.6 Å². The maximum Gasteiger partial charge on any atom is 0.326 e. The zero-order valence-electron chi connectivity index (χ0n) is 28.8. The highest BCUT2D eigenvalue weighted by molar-refractivity contribution is 7.92. The Bertz CT molecular complexity index is 2160. The molecule has 3 aliphatic heterocycles. The number of fused-ring (bicyclic) bond motifs is 1. The van der Waals surface area contributed by atoms with Gasteiger partial charge in [-0.05, 0) is 91.2 Å². The van der Waals surface area contributed by atoms with Crippen molar-refractivity contribution in [1.82, 2.24) is 14.9 Å². The second-order valence-electron chi connectivity index (χ2n) is 13.5. The molecular formula is C38H39FN6O7S. The molecule has 0 radical (unpaired) electrons. The minimum atomic E-state index is -4.32. The number of nitrogens with zero attached hydrogens (tertiary/aromatic N) is 2. The number of anilines is 3. The number of hydrogen-bond donors (Lipinski definition) is 4. The molecule has 0 saturated carbocycles. The predicted molar refractivity (Wildman–Crippen MR) is 197 cm³/mol. The van der Waals surface area contributed by atoms with Crippen molar-refractivity contribution in [2.45, 2.75) is 38.2 Å². The fourth-order valence-electron chi connectivity index (χ4n) is 7.00. The van der Waals surface area contributed by atoms with Crippen molar-refractivity contribution >= 4 is 61.7 Å². The molecule has 13 nitrogen and oxygen atoms in total. The number of carbonyl (C=O) groups is 4. The number of likely N-dealkylation sites (tertiary alicyclic amines) is 1. The van der Waals surface area contributed by atoms with Crippen LogP contribution in [0.15, 0.2) is 78.9 Å². The molecule has 1 atom stereocenters. The number of piperidine rings is 2.